The van der Waals surface area contributed by atoms with Crippen molar-refractivity contribution < 1.29 is 17.6 Å². The smallest absolute Gasteiger partial charge is 0.226 e. The van der Waals surface area contributed by atoms with Crippen LogP contribution in [-0.2, 0) is 14.8 Å². The number of nitrogens with one attached hydrogen (secondary N) is 1. The van der Waals surface area contributed by atoms with E-state index < -0.39 is 10.0 Å². The second-order valence-corrected chi connectivity index (χ2v) is 9.84. The summed E-state index contributed by atoms with van der Waals surface area (Å²) in [6.45, 7) is 1.06. The average Bonchev–Trinajstić information content (AvgIpc) is 3.47. The van der Waals surface area contributed by atoms with Crippen LogP contribution in [0, 0.1) is 11.7 Å². The molecule has 1 aliphatic heterocycles. The van der Waals surface area contributed by atoms with Crippen molar-refractivity contribution in [2.24, 2.45) is 5.92 Å². The van der Waals surface area contributed by atoms with Gasteiger partial charge >= 0.3 is 0 Å². The van der Waals surface area contributed by atoms with Crippen LogP contribution in [0.2, 0.25) is 0 Å². The molecular weight excluding hydrogens is 391 g/mol. The molecule has 29 heavy (non-hydrogen) atoms. The van der Waals surface area contributed by atoms with Crippen LogP contribution < -0.4 is 4.72 Å². The first-order valence-electron chi connectivity index (χ1n) is 9.93. The molecule has 2 aliphatic rings. The van der Waals surface area contributed by atoms with Gasteiger partial charge in [-0.25, -0.2) is 17.5 Å². The Morgan fingerprint density at radius 1 is 1.17 bits per heavy atom. The maximum atomic E-state index is 13.9. The van der Waals surface area contributed by atoms with Gasteiger partial charge in [0.25, 0.3) is 0 Å². The van der Waals surface area contributed by atoms with Gasteiger partial charge in [0.1, 0.15) is 5.82 Å². The summed E-state index contributed by atoms with van der Waals surface area (Å²) in [6, 6.07) is 14.2. The largest absolute Gasteiger partial charge is 0.341 e. The van der Waals surface area contributed by atoms with Gasteiger partial charge in [0, 0.05) is 25.0 Å². The van der Waals surface area contributed by atoms with Gasteiger partial charge in [-0.05, 0) is 54.0 Å². The van der Waals surface area contributed by atoms with Gasteiger partial charge in [0.15, 0.2) is 0 Å². The first kappa shape index (κ1) is 20.0. The van der Waals surface area contributed by atoms with Gasteiger partial charge in [0.2, 0.25) is 15.9 Å². The summed E-state index contributed by atoms with van der Waals surface area (Å²) in [5, 5.41) is 0. The number of rotatable bonds is 5. The molecule has 1 heterocycles. The van der Waals surface area contributed by atoms with Gasteiger partial charge in [0.05, 0.1) is 6.26 Å². The molecule has 1 aliphatic carbocycles. The molecule has 154 valence electrons. The number of sulfonamides is 1. The molecule has 1 saturated carbocycles. The number of amides is 1. The van der Waals surface area contributed by atoms with E-state index in [1.54, 1.807) is 11.0 Å². The minimum absolute atomic E-state index is 0.0679. The number of nitrogens with zero attached hydrogens (tertiary/aromatic N) is 1. The number of carbonyl (C=O) groups is 1. The molecule has 0 aromatic heterocycles. The van der Waals surface area contributed by atoms with E-state index in [4.69, 9.17) is 0 Å². The van der Waals surface area contributed by atoms with E-state index in [-0.39, 0.29) is 29.6 Å². The lowest BCUT2D eigenvalue weighted by atomic mass is 9.95. The number of hydrogen-bond donors (Lipinski definition) is 1. The average molecular weight is 417 g/mol. The first-order chi connectivity index (χ1) is 13.8. The van der Waals surface area contributed by atoms with Crippen molar-refractivity contribution in [1.82, 2.24) is 9.62 Å². The summed E-state index contributed by atoms with van der Waals surface area (Å²) in [4.78, 5) is 14.8. The monoisotopic (exact) mass is 416 g/mol. The zero-order chi connectivity index (χ0) is 20.6. The van der Waals surface area contributed by atoms with Crippen LogP contribution in [-0.4, -0.2) is 44.6 Å². The van der Waals surface area contributed by atoms with E-state index in [1.165, 1.54) is 12.1 Å². The highest BCUT2D eigenvalue weighted by atomic mass is 32.2. The van der Waals surface area contributed by atoms with Crippen LogP contribution in [0.4, 0.5) is 4.39 Å². The minimum Gasteiger partial charge on any atom is -0.341 e. The molecule has 1 amide bonds. The zero-order valence-corrected chi connectivity index (χ0v) is 17.2. The van der Waals surface area contributed by atoms with Crippen molar-refractivity contribution in [2.75, 3.05) is 19.3 Å². The Balaban J connectivity index is 1.50. The summed E-state index contributed by atoms with van der Waals surface area (Å²) in [5.74, 6) is -0.276. The van der Waals surface area contributed by atoms with E-state index in [2.05, 4.69) is 4.72 Å². The van der Waals surface area contributed by atoms with Crippen molar-refractivity contribution in [2.45, 2.75) is 31.2 Å². The molecule has 7 heteroatoms. The molecular formula is C22H25FN2O3S. The molecule has 2 aromatic carbocycles. The van der Waals surface area contributed by atoms with Crippen LogP contribution in [0.3, 0.4) is 0 Å². The van der Waals surface area contributed by atoms with Crippen molar-refractivity contribution in [1.29, 1.82) is 0 Å². The zero-order valence-electron chi connectivity index (χ0n) is 16.3. The number of carbonyl (C=O) groups excluding carboxylic acids is 1. The number of piperidine rings is 1. The topological polar surface area (TPSA) is 66.5 Å². The third-order valence-corrected chi connectivity index (χ3v) is 6.48. The van der Waals surface area contributed by atoms with E-state index in [9.17, 15) is 17.6 Å². The number of halogens is 1. The lowest BCUT2D eigenvalue weighted by Gasteiger charge is -2.33. The van der Waals surface area contributed by atoms with Crippen LogP contribution in [0.15, 0.2) is 48.5 Å². The van der Waals surface area contributed by atoms with Gasteiger partial charge in [-0.1, -0.05) is 36.4 Å². The first-order valence-corrected chi connectivity index (χ1v) is 11.8. The molecule has 0 unspecified atom stereocenters. The molecule has 4 rings (SSSR count). The van der Waals surface area contributed by atoms with Crippen molar-refractivity contribution in [3.63, 3.8) is 0 Å². The highest BCUT2D eigenvalue weighted by molar-refractivity contribution is 7.88. The standard InChI is InChI=1S/C22H25FN2O3S/c1-29(27,28)24-17-8-5-11-25(14-17)22(26)21-13-20(21)18-10-9-16(23)12-19(18)15-6-3-2-4-7-15/h2-4,6-7,9-10,12,17,20-21,24H,5,8,11,13-14H2,1H3/t17-,20-,21+/m0/s1. The minimum atomic E-state index is -3.30. The van der Waals surface area contributed by atoms with Gasteiger partial charge < -0.3 is 4.90 Å². The summed E-state index contributed by atoms with van der Waals surface area (Å²) in [7, 11) is -3.30. The molecule has 3 atom stereocenters. The Labute approximate surface area is 171 Å². The van der Waals surface area contributed by atoms with Crippen LogP contribution >= 0.6 is 0 Å². The second kappa shape index (κ2) is 7.88. The van der Waals surface area contributed by atoms with Crippen LogP contribution in [0.25, 0.3) is 11.1 Å². The third kappa shape index (κ3) is 4.67. The SMILES string of the molecule is CS(=O)(=O)N[C@H]1CCCN(C(=O)[C@@H]2C[C@H]2c2ccc(F)cc2-c2ccccc2)C1. The van der Waals surface area contributed by atoms with Gasteiger partial charge in [-0.2, -0.15) is 0 Å². The quantitative estimate of drug-likeness (QED) is 0.814. The van der Waals surface area contributed by atoms with Crippen molar-refractivity contribution >= 4 is 15.9 Å². The van der Waals surface area contributed by atoms with Crippen LogP contribution in [0.1, 0.15) is 30.7 Å². The Hall–Kier alpha value is -2.25. The number of hydrogen-bond acceptors (Lipinski definition) is 3. The summed E-state index contributed by atoms with van der Waals surface area (Å²) >= 11 is 0. The van der Waals surface area contributed by atoms with E-state index in [1.807, 2.05) is 30.3 Å². The predicted molar refractivity (Wildman–Crippen MR) is 110 cm³/mol. The normalized spacial score (nSPS) is 24.3. The second-order valence-electron chi connectivity index (χ2n) is 8.06. The molecule has 0 radical (unpaired) electrons. The molecule has 5 nitrogen and oxygen atoms in total. The summed E-state index contributed by atoms with van der Waals surface area (Å²) < 4.78 is 39.6. The molecule has 1 N–H and O–H groups in total. The molecule has 2 fully saturated rings. The summed E-state index contributed by atoms with van der Waals surface area (Å²) in [6.07, 6.45) is 3.40. The summed E-state index contributed by atoms with van der Waals surface area (Å²) in [5.41, 5.74) is 2.77. The maximum Gasteiger partial charge on any atom is 0.226 e. The van der Waals surface area contributed by atoms with E-state index in [0.717, 1.165) is 42.2 Å². The lowest BCUT2D eigenvalue weighted by molar-refractivity contribution is -0.133. The lowest BCUT2D eigenvalue weighted by Crippen LogP contribution is -2.49. The Kier molecular flexibility index (Phi) is 5.44. The fourth-order valence-electron chi connectivity index (χ4n) is 4.34. The fourth-order valence-corrected chi connectivity index (χ4v) is 5.14. The molecule has 0 spiro atoms. The molecule has 2 aromatic rings. The Morgan fingerprint density at radius 2 is 1.93 bits per heavy atom. The molecule has 0 bridgehead atoms. The Morgan fingerprint density at radius 3 is 2.66 bits per heavy atom. The highest BCUT2D eigenvalue weighted by Crippen LogP contribution is 2.51. The fraction of sp³-hybridized carbons (Fsp3) is 0.409. The Bertz CT molecular complexity index is 1010. The van der Waals surface area contributed by atoms with E-state index in [0.29, 0.717) is 13.1 Å². The van der Waals surface area contributed by atoms with Gasteiger partial charge in [-0.15, -0.1) is 0 Å². The van der Waals surface area contributed by atoms with Crippen LogP contribution in [0.5, 0.6) is 0 Å². The number of benzene rings is 2. The highest BCUT2D eigenvalue weighted by Gasteiger charge is 2.47. The van der Waals surface area contributed by atoms with Crippen molar-refractivity contribution in [3.8, 4) is 11.1 Å². The van der Waals surface area contributed by atoms with E-state index >= 15 is 0 Å². The maximum absolute atomic E-state index is 13.9. The number of likely N-dealkylation sites (tertiary alicyclic amines) is 1. The van der Waals surface area contributed by atoms with Crippen molar-refractivity contribution in [3.05, 3.63) is 59.9 Å². The van der Waals surface area contributed by atoms with Gasteiger partial charge in [-0.3, -0.25) is 4.79 Å². The third-order valence-electron chi connectivity index (χ3n) is 5.72. The predicted octanol–water partition coefficient (Wildman–Crippen LogP) is 3.14. The molecule has 1 saturated heterocycles.